The van der Waals surface area contributed by atoms with Crippen LogP contribution in [-0.4, -0.2) is 31.3 Å². The summed E-state index contributed by atoms with van der Waals surface area (Å²) < 4.78 is 2.21. The molecule has 32 heavy (non-hydrogen) atoms. The number of aromatic carboxylic acids is 1. The zero-order valence-corrected chi connectivity index (χ0v) is 19.1. The minimum absolute atomic E-state index is 0. The number of nitrogens with zero attached hydrogens (tertiary/aromatic N) is 1. The highest BCUT2D eigenvalue weighted by Gasteiger charge is 2.36. The SMILES string of the molecule is Cl.Cn1c(CNC2(C)CC2)cc2c3c(ccc21)-c1[nH]c(=O)c(C(=O)O)c(O)c1CCCC3. The van der Waals surface area contributed by atoms with Gasteiger partial charge in [-0.25, -0.2) is 4.79 Å². The standard InChI is InChI=1S/C24H27N3O4.ClH/c1-24(9-10-24)25-12-13-11-17-14-5-3-4-6-16-20(15(14)7-8-18(17)27(13)2)26-22(29)19(21(16)28)23(30)31;/h7-8,11,25H,3-6,9-10,12H2,1-2H3,(H,30,31)(H2,26,28,29);1H. The molecule has 0 bridgehead atoms. The van der Waals surface area contributed by atoms with Gasteiger partial charge in [0, 0.05) is 46.9 Å². The van der Waals surface area contributed by atoms with Gasteiger partial charge in [0.2, 0.25) is 0 Å². The molecule has 1 fully saturated rings. The lowest BCUT2D eigenvalue weighted by molar-refractivity contribution is 0.0691. The second-order valence-electron chi connectivity index (χ2n) is 9.18. The van der Waals surface area contributed by atoms with Crippen molar-refractivity contribution >= 4 is 29.3 Å². The predicted octanol–water partition coefficient (Wildman–Crippen LogP) is 3.88. The normalized spacial score (nSPS) is 16.4. The van der Waals surface area contributed by atoms with E-state index >= 15 is 0 Å². The van der Waals surface area contributed by atoms with Crippen molar-refractivity contribution < 1.29 is 15.0 Å². The van der Waals surface area contributed by atoms with Crippen LogP contribution in [0.25, 0.3) is 22.2 Å². The molecule has 7 nitrogen and oxygen atoms in total. The number of aromatic hydroxyl groups is 1. The van der Waals surface area contributed by atoms with E-state index in [1.807, 2.05) is 12.1 Å². The minimum Gasteiger partial charge on any atom is -0.506 e. The first kappa shape index (κ1) is 22.4. The molecule has 0 atom stereocenters. The Morgan fingerprint density at radius 2 is 1.91 bits per heavy atom. The quantitative estimate of drug-likeness (QED) is 0.475. The number of fused-ring (bicyclic) bond motifs is 5. The zero-order valence-electron chi connectivity index (χ0n) is 18.2. The summed E-state index contributed by atoms with van der Waals surface area (Å²) >= 11 is 0. The fraction of sp³-hybridized carbons (Fsp3) is 0.417. The van der Waals surface area contributed by atoms with E-state index in [0.717, 1.165) is 47.8 Å². The molecule has 0 aliphatic heterocycles. The van der Waals surface area contributed by atoms with Gasteiger partial charge in [-0.15, -0.1) is 12.4 Å². The summed E-state index contributed by atoms with van der Waals surface area (Å²) in [6.07, 6.45) is 5.53. The van der Waals surface area contributed by atoms with Gasteiger partial charge in [0.05, 0.1) is 5.69 Å². The molecule has 2 aliphatic carbocycles. The van der Waals surface area contributed by atoms with Crippen LogP contribution in [0.1, 0.15) is 59.8 Å². The van der Waals surface area contributed by atoms with E-state index in [2.05, 4.69) is 34.9 Å². The Morgan fingerprint density at radius 1 is 1.22 bits per heavy atom. The summed E-state index contributed by atoms with van der Waals surface area (Å²) in [5, 5.41) is 24.8. The summed E-state index contributed by atoms with van der Waals surface area (Å²) in [5.74, 6) is -1.82. The van der Waals surface area contributed by atoms with Gasteiger partial charge in [-0.2, -0.15) is 0 Å². The number of halogens is 1. The molecular weight excluding hydrogens is 430 g/mol. The molecule has 1 saturated carbocycles. The monoisotopic (exact) mass is 457 g/mol. The van der Waals surface area contributed by atoms with Crippen molar-refractivity contribution in [1.82, 2.24) is 14.9 Å². The summed E-state index contributed by atoms with van der Waals surface area (Å²) in [7, 11) is 2.07. The number of hydrogen-bond acceptors (Lipinski definition) is 4. The Morgan fingerprint density at radius 3 is 2.56 bits per heavy atom. The van der Waals surface area contributed by atoms with E-state index in [0.29, 0.717) is 17.7 Å². The second-order valence-corrected chi connectivity index (χ2v) is 9.18. The van der Waals surface area contributed by atoms with Gasteiger partial charge in [0.1, 0.15) is 5.75 Å². The zero-order chi connectivity index (χ0) is 21.9. The minimum atomic E-state index is -1.41. The van der Waals surface area contributed by atoms with Crippen molar-refractivity contribution in [2.45, 2.75) is 57.5 Å². The maximum Gasteiger partial charge on any atom is 0.345 e. The fourth-order valence-corrected chi connectivity index (χ4v) is 4.77. The van der Waals surface area contributed by atoms with E-state index < -0.39 is 22.8 Å². The van der Waals surface area contributed by atoms with Crippen molar-refractivity contribution in [3.05, 3.63) is 50.9 Å². The van der Waals surface area contributed by atoms with Crippen LogP contribution >= 0.6 is 12.4 Å². The van der Waals surface area contributed by atoms with Gasteiger partial charge in [0.25, 0.3) is 5.56 Å². The van der Waals surface area contributed by atoms with Crippen LogP contribution in [0, 0.1) is 0 Å². The number of H-pyrrole nitrogens is 1. The molecule has 0 unspecified atom stereocenters. The number of aryl methyl sites for hydroxylation is 2. The lowest BCUT2D eigenvalue weighted by Crippen LogP contribution is -2.27. The molecule has 4 N–H and O–H groups in total. The van der Waals surface area contributed by atoms with E-state index in [4.69, 9.17) is 0 Å². The van der Waals surface area contributed by atoms with Crippen LogP contribution in [0.15, 0.2) is 23.0 Å². The highest BCUT2D eigenvalue weighted by Crippen LogP contribution is 2.39. The van der Waals surface area contributed by atoms with Crippen molar-refractivity contribution in [2.24, 2.45) is 7.05 Å². The van der Waals surface area contributed by atoms with Gasteiger partial charge < -0.3 is 25.1 Å². The second kappa shape index (κ2) is 7.98. The van der Waals surface area contributed by atoms with Crippen molar-refractivity contribution in [3.8, 4) is 17.0 Å². The molecule has 2 heterocycles. The van der Waals surface area contributed by atoms with Crippen LogP contribution in [0.4, 0.5) is 0 Å². The average Bonchev–Trinajstić information content (AvgIpc) is 3.35. The van der Waals surface area contributed by atoms with Gasteiger partial charge >= 0.3 is 5.97 Å². The Bertz CT molecular complexity index is 1290. The highest BCUT2D eigenvalue weighted by molar-refractivity contribution is 5.94. The number of nitrogens with one attached hydrogen (secondary N) is 2. The van der Waals surface area contributed by atoms with Crippen LogP contribution in [0.3, 0.4) is 0 Å². The van der Waals surface area contributed by atoms with E-state index in [-0.39, 0.29) is 17.9 Å². The first-order chi connectivity index (χ1) is 14.8. The lowest BCUT2D eigenvalue weighted by atomic mass is 9.88. The first-order valence-electron chi connectivity index (χ1n) is 10.9. The maximum atomic E-state index is 12.5. The largest absolute Gasteiger partial charge is 0.506 e. The van der Waals surface area contributed by atoms with Gasteiger partial charge in [-0.3, -0.25) is 4.79 Å². The van der Waals surface area contributed by atoms with Crippen molar-refractivity contribution in [1.29, 1.82) is 0 Å². The number of carboxylic acids is 1. The molecule has 5 rings (SSSR count). The molecule has 0 spiro atoms. The molecule has 170 valence electrons. The molecule has 2 aliphatic rings. The lowest BCUT2D eigenvalue weighted by Gasteiger charge is -2.20. The summed E-state index contributed by atoms with van der Waals surface area (Å²) in [4.78, 5) is 26.7. The van der Waals surface area contributed by atoms with Crippen LogP contribution in [0.5, 0.6) is 5.75 Å². The van der Waals surface area contributed by atoms with Crippen molar-refractivity contribution in [2.75, 3.05) is 0 Å². The molecule has 0 saturated heterocycles. The first-order valence-corrected chi connectivity index (χ1v) is 10.9. The topological polar surface area (TPSA) is 107 Å². The van der Waals surface area contributed by atoms with E-state index in [9.17, 15) is 19.8 Å². The summed E-state index contributed by atoms with van der Waals surface area (Å²) in [6.45, 7) is 3.04. The number of rotatable bonds is 4. The fourth-order valence-electron chi connectivity index (χ4n) is 4.77. The van der Waals surface area contributed by atoms with Crippen LogP contribution in [0.2, 0.25) is 0 Å². The van der Waals surface area contributed by atoms with Crippen LogP contribution in [-0.2, 0) is 26.4 Å². The van der Waals surface area contributed by atoms with Crippen LogP contribution < -0.4 is 10.9 Å². The summed E-state index contributed by atoms with van der Waals surface area (Å²) in [5.41, 5.74) is 4.29. The average molecular weight is 458 g/mol. The number of benzene rings is 1. The molecule has 3 aromatic rings. The van der Waals surface area contributed by atoms with Gasteiger partial charge in [0.15, 0.2) is 5.56 Å². The number of carboxylic acid groups (broad SMARTS) is 1. The maximum absolute atomic E-state index is 12.5. The Labute approximate surface area is 191 Å². The number of pyridine rings is 1. The van der Waals surface area contributed by atoms with E-state index in [1.54, 1.807) is 0 Å². The number of aromatic nitrogens is 2. The summed E-state index contributed by atoms with van der Waals surface area (Å²) in [6, 6.07) is 6.25. The van der Waals surface area contributed by atoms with Crippen molar-refractivity contribution in [3.63, 3.8) is 0 Å². The van der Waals surface area contributed by atoms with E-state index in [1.165, 1.54) is 18.5 Å². The predicted molar refractivity (Wildman–Crippen MR) is 126 cm³/mol. The number of hydrogen-bond donors (Lipinski definition) is 4. The molecule has 8 heteroatoms. The molecule has 0 radical (unpaired) electrons. The molecular formula is C24H28ClN3O4. The molecule has 2 aromatic heterocycles. The smallest absolute Gasteiger partial charge is 0.345 e. The number of aromatic amines is 1. The third-order valence-electron chi connectivity index (χ3n) is 7.01. The molecule has 0 amide bonds. The third kappa shape index (κ3) is 3.59. The highest BCUT2D eigenvalue weighted by atomic mass is 35.5. The Kier molecular flexibility index (Phi) is 5.59. The third-order valence-corrected chi connectivity index (χ3v) is 7.01. The number of carbonyl (C=O) groups is 1. The van der Waals surface area contributed by atoms with Gasteiger partial charge in [-0.05, 0) is 63.1 Å². The molecule has 1 aromatic carbocycles. The Hall–Kier alpha value is -2.77. The Balaban J connectivity index is 0.00000245. The van der Waals surface area contributed by atoms with Gasteiger partial charge in [-0.1, -0.05) is 6.07 Å².